The minimum Gasteiger partial charge on any atom is -0.480 e. The van der Waals surface area contributed by atoms with Crippen LogP contribution in [-0.4, -0.2) is 87.6 Å². The molecule has 10 nitrogen and oxygen atoms in total. The van der Waals surface area contributed by atoms with Gasteiger partial charge >= 0.3 is 11.9 Å². The van der Waals surface area contributed by atoms with Gasteiger partial charge in [-0.1, -0.05) is 30.3 Å². The molecule has 0 bridgehead atoms. The molecule has 0 radical (unpaired) electrons. The number of hydrogen-bond donors (Lipinski definition) is 4. The van der Waals surface area contributed by atoms with Crippen LogP contribution < -0.4 is 11.1 Å². The average molecular weight is 461 g/mol. The molecule has 2 fully saturated rings. The van der Waals surface area contributed by atoms with Crippen LogP contribution >= 0.6 is 0 Å². The zero-order chi connectivity index (χ0) is 24.1. The Hall–Kier alpha value is -2.98. The smallest absolute Gasteiger partial charge is 0.326 e. The number of carbonyl (C=O) groups is 4. The maximum Gasteiger partial charge on any atom is 0.326 e. The minimum atomic E-state index is -1.10. The van der Waals surface area contributed by atoms with E-state index in [-0.39, 0.29) is 31.3 Å². The monoisotopic (exact) mass is 460 g/mol. The van der Waals surface area contributed by atoms with Crippen molar-refractivity contribution in [2.24, 2.45) is 11.7 Å². The third kappa shape index (κ3) is 5.69. The number of rotatable bonds is 9. The number of benzene rings is 1. The van der Waals surface area contributed by atoms with E-state index in [1.807, 2.05) is 30.3 Å². The molecule has 1 aromatic rings. The van der Waals surface area contributed by atoms with Gasteiger partial charge in [0.05, 0.1) is 18.6 Å². The second-order valence-electron chi connectivity index (χ2n) is 8.80. The Balaban J connectivity index is 1.71. The van der Waals surface area contributed by atoms with Crippen molar-refractivity contribution in [1.29, 1.82) is 0 Å². The number of hydrogen-bond acceptors (Lipinski definition) is 6. The minimum absolute atomic E-state index is 0.0302. The molecule has 2 aliphatic heterocycles. The summed E-state index contributed by atoms with van der Waals surface area (Å²) in [5.74, 6) is -2.91. The number of carboxylic acid groups (broad SMARTS) is 2. The van der Waals surface area contributed by atoms with Crippen LogP contribution in [0.15, 0.2) is 30.3 Å². The zero-order valence-corrected chi connectivity index (χ0v) is 18.7. The van der Waals surface area contributed by atoms with Gasteiger partial charge in [0.25, 0.3) is 0 Å². The molecule has 0 spiro atoms. The average Bonchev–Trinajstić information content (AvgIpc) is 3.20. The van der Waals surface area contributed by atoms with Gasteiger partial charge in [-0.15, -0.1) is 0 Å². The summed E-state index contributed by atoms with van der Waals surface area (Å²) in [6.45, 7) is 2.13. The van der Waals surface area contributed by atoms with E-state index in [1.54, 1.807) is 11.8 Å². The lowest BCUT2D eigenvalue weighted by molar-refractivity contribution is -0.152. The summed E-state index contributed by atoms with van der Waals surface area (Å²) in [4.78, 5) is 52.1. The summed E-state index contributed by atoms with van der Waals surface area (Å²) >= 11 is 0. The molecule has 2 amide bonds. The molecule has 0 saturated carbocycles. The van der Waals surface area contributed by atoms with Gasteiger partial charge in [-0.05, 0) is 44.1 Å². The number of nitrogens with one attached hydrogen (secondary N) is 1. The van der Waals surface area contributed by atoms with Gasteiger partial charge in [0, 0.05) is 13.1 Å². The molecule has 33 heavy (non-hydrogen) atoms. The number of aliphatic carboxylic acids is 2. The van der Waals surface area contributed by atoms with E-state index in [2.05, 4.69) is 5.32 Å². The first kappa shape index (κ1) is 24.7. The van der Waals surface area contributed by atoms with E-state index < -0.39 is 42.0 Å². The van der Waals surface area contributed by atoms with Crippen molar-refractivity contribution in [2.45, 2.75) is 56.8 Å². The highest BCUT2D eigenvalue weighted by Crippen LogP contribution is 2.36. The second-order valence-corrected chi connectivity index (χ2v) is 8.80. The van der Waals surface area contributed by atoms with E-state index in [9.17, 15) is 29.4 Å². The predicted molar refractivity (Wildman–Crippen MR) is 119 cm³/mol. The molecule has 5 atom stereocenters. The van der Waals surface area contributed by atoms with E-state index in [1.165, 1.54) is 4.90 Å². The molecular formula is C23H32N4O6. The first-order chi connectivity index (χ1) is 15.7. The fraction of sp³-hybridized carbons (Fsp3) is 0.565. The number of likely N-dealkylation sites (tertiary alicyclic amines) is 2. The molecule has 0 aliphatic carbocycles. The number of nitrogens with two attached hydrogens (primary N) is 1. The number of fused-ring (bicyclic) bond motifs is 1. The van der Waals surface area contributed by atoms with Gasteiger partial charge in [-0.3, -0.25) is 19.7 Å². The fourth-order valence-electron chi connectivity index (χ4n) is 4.92. The molecule has 3 rings (SSSR count). The highest BCUT2D eigenvalue weighted by atomic mass is 16.4. The lowest BCUT2D eigenvalue weighted by atomic mass is 9.91. The highest BCUT2D eigenvalue weighted by Gasteiger charge is 2.50. The summed E-state index contributed by atoms with van der Waals surface area (Å²) in [6.07, 6.45) is 1.72. The first-order valence-corrected chi connectivity index (χ1v) is 11.3. The summed E-state index contributed by atoms with van der Waals surface area (Å²) in [7, 11) is 0. The van der Waals surface area contributed by atoms with Crippen LogP contribution in [-0.2, 0) is 25.6 Å². The largest absolute Gasteiger partial charge is 0.480 e. The van der Waals surface area contributed by atoms with Gasteiger partial charge in [0.1, 0.15) is 12.1 Å². The van der Waals surface area contributed by atoms with Gasteiger partial charge < -0.3 is 25.7 Å². The van der Waals surface area contributed by atoms with Crippen molar-refractivity contribution < 1.29 is 29.4 Å². The van der Waals surface area contributed by atoms with Gasteiger partial charge in [-0.25, -0.2) is 4.79 Å². The molecule has 2 heterocycles. The predicted octanol–water partition coefficient (Wildman–Crippen LogP) is -0.0882. The van der Waals surface area contributed by atoms with Crippen LogP contribution in [0.25, 0.3) is 0 Å². The molecule has 2 aliphatic rings. The Bertz CT molecular complexity index is 879. The second kappa shape index (κ2) is 10.8. The van der Waals surface area contributed by atoms with Crippen molar-refractivity contribution in [1.82, 2.24) is 15.1 Å². The first-order valence-electron chi connectivity index (χ1n) is 11.3. The third-order valence-corrected chi connectivity index (χ3v) is 6.69. The molecule has 0 aromatic heterocycles. The van der Waals surface area contributed by atoms with E-state index in [4.69, 9.17) is 5.73 Å². The van der Waals surface area contributed by atoms with Gasteiger partial charge in [0.15, 0.2) is 0 Å². The quantitative estimate of drug-likeness (QED) is 0.399. The number of amides is 2. The normalized spacial score (nSPS) is 24.1. The van der Waals surface area contributed by atoms with Crippen molar-refractivity contribution in [2.75, 3.05) is 19.6 Å². The molecule has 180 valence electrons. The SMILES string of the molecule is C[C@H](N[C@H](CCc1ccccc1)C(=O)O)C(=O)N1[C@@H]2CN(C(=O)CN)CC[C@H]2C[C@H]1C(=O)O. The fourth-order valence-corrected chi connectivity index (χ4v) is 4.92. The molecule has 0 unspecified atom stereocenters. The number of nitrogens with zero attached hydrogens (tertiary/aromatic N) is 2. The van der Waals surface area contributed by atoms with Crippen molar-refractivity contribution >= 4 is 23.8 Å². The van der Waals surface area contributed by atoms with Crippen molar-refractivity contribution in [3.63, 3.8) is 0 Å². The van der Waals surface area contributed by atoms with Crippen molar-refractivity contribution in [3.8, 4) is 0 Å². The highest BCUT2D eigenvalue weighted by molar-refractivity contribution is 5.88. The van der Waals surface area contributed by atoms with Gasteiger partial charge in [0.2, 0.25) is 11.8 Å². The van der Waals surface area contributed by atoms with Crippen LogP contribution in [0, 0.1) is 5.92 Å². The number of piperidine rings is 1. The van der Waals surface area contributed by atoms with Crippen LogP contribution in [0.1, 0.15) is 31.7 Å². The summed E-state index contributed by atoms with van der Waals surface area (Å²) in [5.41, 5.74) is 6.47. The number of aryl methyl sites for hydroxylation is 1. The summed E-state index contributed by atoms with van der Waals surface area (Å²) in [5, 5.41) is 22.3. The molecule has 1 aromatic carbocycles. The van der Waals surface area contributed by atoms with Gasteiger partial charge in [-0.2, -0.15) is 0 Å². The van der Waals surface area contributed by atoms with Crippen molar-refractivity contribution in [3.05, 3.63) is 35.9 Å². The van der Waals surface area contributed by atoms with Crippen LogP contribution in [0.4, 0.5) is 0 Å². The van der Waals surface area contributed by atoms with Crippen LogP contribution in [0.2, 0.25) is 0 Å². The molecular weight excluding hydrogens is 428 g/mol. The zero-order valence-electron chi connectivity index (χ0n) is 18.7. The lowest BCUT2D eigenvalue weighted by Gasteiger charge is -2.39. The maximum atomic E-state index is 13.4. The summed E-state index contributed by atoms with van der Waals surface area (Å²) < 4.78 is 0. The Labute approximate surface area is 192 Å². The van der Waals surface area contributed by atoms with E-state index in [0.29, 0.717) is 25.8 Å². The maximum absolute atomic E-state index is 13.4. The Morgan fingerprint density at radius 1 is 1.18 bits per heavy atom. The molecule has 10 heteroatoms. The standard InChI is InChI=1S/C23H32N4O6/c1-14(25-17(22(30)31)8-7-15-5-3-2-4-6-15)21(29)27-18(23(32)33)11-16-9-10-26(13-19(16)27)20(28)12-24/h2-6,14,16-19,25H,7-13,24H2,1H3,(H,30,31)(H,32,33)/t14-,16-,17+,18-,19+/m0/s1. The third-order valence-electron chi connectivity index (χ3n) is 6.69. The van der Waals surface area contributed by atoms with E-state index >= 15 is 0 Å². The Morgan fingerprint density at radius 2 is 1.88 bits per heavy atom. The molecule has 2 saturated heterocycles. The Kier molecular flexibility index (Phi) is 8.04. The number of carboxylic acids is 2. The number of carbonyl (C=O) groups excluding carboxylic acids is 2. The van der Waals surface area contributed by atoms with Crippen LogP contribution in [0.3, 0.4) is 0 Å². The topological polar surface area (TPSA) is 153 Å². The Morgan fingerprint density at radius 3 is 2.48 bits per heavy atom. The summed E-state index contributed by atoms with van der Waals surface area (Å²) in [6, 6.07) is 6.16. The lowest BCUT2D eigenvalue weighted by Crippen LogP contribution is -2.59. The van der Waals surface area contributed by atoms with Crippen LogP contribution in [0.5, 0.6) is 0 Å². The van der Waals surface area contributed by atoms with E-state index in [0.717, 1.165) is 5.56 Å². The molecule has 5 N–H and O–H groups in total.